The highest BCUT2D eigenvalue weighted by Crippen LogP contribution is 2.22. The molecule has 3 rings (SSSR count). The molecule has 1 fully saturated rings. The van der Waals surface area contributed by atoms with E-state index in [9.17, 15) is 9.50 Å². The van der Waals surface area contributed by atoms with Crippen LogP contribution in [-0.4, -0.2) is 64.1 Å². The fourth-order valence-electron chi connectivity index (χ4n) is 4.05. The summed E-state index contributed by atoms with van der Waals surface area (Å²) in [5.74, 6) is 0.287. The Kier molecular flexibility index (Phi) is 7.64. The van der Waals surface area contributed by atoms with Gasteiger partial charge in [-0.3, -0.25) is 14.5 Å². The molecule has 0 aliphatic carbocycles. The van der Waals surface area contributed by atoms with Crippen LogP contribution in [0.15, 0.2) is 24.4 Å². The summed E-state index contributed by atoms with van der Waals surface area (Å²) in [5.41, 5.74) is 3.16. The van der Waals surface area contributed by atoms with Crippen molar-refractivity contribution < 1.29 is 14.2 Å². The Morgan fingerprint density at radius 1 is 1.24 bits per heavy atom. The molecule has 1 aliphatic heterocycles. The number of ether oxygens (including phenoxy) is 1. The first-order valence-electron chi connectivity index (χ1n) is 10.5. The van der Waals surface area contributed by atoms with Gasteiger partial charge in [0.25, 0.3) is 0 Å². The molecule has 1 aromatic heterocycles. The first kappa shape index (κ1) is 21.7. The van der Waals surface area contributed by atoms with Crippen LogP contribution in [-0.2, 0) is 19.6 Å². The molecule has 160 valence electrons. The molecule has 1 aromatic carbocycles. The van der Waals surface area contributed by atoms with Crippen LogP contribution in [0.25, 0.3) is 0 Å². The highest BCUT2D eigenvalue weighted by atomic mass is 19.1. The first-order chi connectivity index (χ1) is 14.0. The van der Waals surface area contributed by atoms with Crippen molar-refractivity contribution in [2.75, 3.05) is 33.4 Å². The Morgan fingerprint density at radius 2 is 2.07 bits per heavy atom. The summed E-state index contributed by atoms with van der Waals surface area (Å²) in [6.07, 6.45) is 3.73. The molecule has 1 saturated heterocycles. The molecule has 29 heavy (non-hydrogen) atoms. The zero-order chi connectivity index (χ0) is 20.8. The standard InChI is InChI=1S/C22H33FN4O2/c1-4-8-27-17(2)19(13-24-27)14-25-9-10-26(20(16-25)7-11-28)15-18-5-6-21(29-3)12-22(18)23/h5-6,12-13,20,28H,4,7-11,14-16H2,1-3H3. The Bertz CT molecular complexity index is 795. The topological polar surface area (TPSA) is 53.8 Å². The maximum Gasteiger partial charge on any atom is 0.131 e. The van der Waals surface area contributed by atoms with E-state index in [4.69, 9.17) is 4.74 Å². The third-order valence-corrected chi connectivity index (χ3v) is 5.82. The third kappa shape index (κ3) is 5.35. The van der Waals surface area contributed by atoms with Gasteiger partial charge in [0.2, 0.25) is 0 Å². The lowest BCUT2D eigenvalue weighted by atomic mass is 10.1. The third-order valence-electron chi connectivity index (χ3n) is 5.82. The number of hydrogen-bond acceptors (Lipinski definition) is 5. The first-order valence-corrected chi connectivity index (χ1v) is 10.5. The van der Waals surface area contributed by atoms with Crippen LogP contribution in [0.1, 0.15) is 36.6 Å². The summed E-state index contributed by atoms with van der Waals surface area (Å²) >= 11 is 0. The second kappa shape index (κ2) is 10.2. The molecule has 2 aromatic rings. The van der Waals surface area contributed by atoms with E-state index in [0.29, 0.717) is 24.3 Å². The van der Waals surface area contributed by atoms with Gasteiger partial charge in [0.05, 0.1) is 13.3 Å². The van der Waals surface area contributed by atoms with Gasteiger partial charge in [0, 0.05) is 74.8 Å². The van der Waals surface area contributed by atoms with Gasteiger partial charge in [-0.1, -0.05) is 13.0 Å². The van der Waals surface area contributed by atoms with Gasteiger partial charge in [-0.05, 0) is 25.8 Å². The smallest absolute Gasteiger partial charge is 0.131 e. The number of aliphatic hydroxyl groups excluding tert-OH is 1. The highest BCUT2D eigenvalue weighted by Gasteiger charge is 2.28. The van der Waals surface area contributed by atoms with Crippen molar-refractivity contribution in [3.63, 3.8) is 0 Å². The van der Waals surface area contributed by atoms with Crippen molar-refractivity contribution in [3.8, 4) is 5.75 Å². The summed E-state index contributed by atoms with van der Waals surface area (Å²) in [4.78, 5) is 4.70. The zero-order valence-electron chi connectivity index (χ0n) is 17.8. The predicted molar refractivity (Wildman–Crippen MR) is 111 cm³/mol. The van der Waals surface area contributed by atoms with E-state index in [-0.39, 0.29) is 18.5 Å². The molecule has 1 aliphatic rings. The molecular weight excluding hydrogens is 371 g/mol. The van der Waals surface area contributed by atoms with E-state index in [2.05, 4.69) is 33.4 Å². The van der Waals surface area contributed by atoms with E-state index >= 15 is 0 Å². The average molecular weight is 405 g/mol. The minimum Gasteiger partial charge on any atom is -0.497 e. The lowest BCUT2D eigenvalue weighted by Gasteiger charge is -2.41. The van der Waals surface area contributed by atoms with Crippen molar-refractivity contribution in [2.24, 2.45) is 0 Å². The van der Waals surface area contributed by atoms with E-state index in [0.717, 1.165) is 39.1 Å². The van der Waals surface area contributed by atoms with E-state index < -0.39 is 0 Å². The summed E-state index contributed by atoms with van der Waals surface area (Å²) in [6, 6.07) is 5.22. The number of benzene rings is 1. The van der Waals surface area contributed by atoms with Crippen molar-refractivity contribution >= 4 is 0 Å². The number of piperazine rings is 1. The minimum atomic E-state index is -0.242. The number of aryl methyl sites for hydroxylation is 1. The van der Waals surface area contributed by atoms with Gasteiger partial charge in [-0.25, -0.2) is 4.39 Å². The molecule has 6 nitrogen and oxygen atoms in total. The molecule has 2 heterocycles. The van der Waals surface area contributed by atoms with Gasteiger partial charge in [-0.2, -0.15) is 5.10 Å². The van der Waals surface area contributed by atoms with Crippen LogP contribution in [0.4, 0.5) is 4.39 Å². The van der Waals surface area contributed by atoms with Crippen LogP contribution < -0.4 is 4.74 Å². The Labute approximate surface area is 172 Å². The number of aliphatic hydroxyl groups is 1. The Hall–Kier alpha value is -1.96. The Balaban J connectivity index is 1.65. The highest BCUT2D eigenvalue weighted by molar-refractivity contribution is 5.29. The maximum atomic E-state index is 14.4. The van der Waals surface area contributed by atoms with Gasteiger partial charge in [0.1, 0.15) is 11.6 Å². The Morgan fingerprint density at radius 3 is 2.76 bits per heavy atom. The molecule has 7 heteroatoms. The van der Waals surface area contributed by atoms with Crippen molar-refractivity contribution in [2.45, 2.75) is 52.4 Å². The van der Waals surface area contributed by atoms with E-state index in [1.54, 1.807) is 19.2 Å². The van der Waals surface area contributed by atoms with Crippen LogP contribution >= 0.6 is 0 Å². The van der Waals surface area contributed by atoms with Crippen molar-refractivity contribution in [1.29, 1.82) is 0 Å². The molecule has 0 bridgehead atoms. The monoisotopic (exact) mass is 404 g/mol. The fourth-order valence-corrected chi connectivity index (χ4v) is 4.05. The van der Waals surface area contributed by atoms with Gasteiger partial charge >= 0.3 is 0 Å². The number of aromatic nitrogens is 2. The number of halogens is 1. The summed E-state index contributed by atoms with van der Waals surface area (Å²) in [7, 11) is 1.54. The zero-order valence-corrected chi connectivity index (χ0v) is 17.8. The van der Waals surface area contributed by atoms with E-state index in [1.165, 1.54) is 17.3 Å². The SMILES string of the molecule is CCCn1ncc(CN2CCN(Cc3ccc(OC)cc3F)C(CCO)C2)c1C. The van der Waals surface area contributed by atoms with Crippen molar-refractivity contribution in [3.05, 3.63) is 47.0 Å². The van der Waals surface area contributed by atoms with Crippen molar-refractivity contribution in [1.82, 2.24) is 19.6 Å². The molecule has 1 N–H and O–H groups in total. The molecule has 0 radical (unpaired) electrons. The normalized spacial score (nSPS) is 18.3. The minimum absolute atomic E-state index is 0.133. The number of methoxy groups -OCH3 is 1. The van der Waals surface area contributed by atoms with Gasteiger partial charge in [0.15, 0.2) is 0 Å². The molecule has 0 saturated carbocycles. The average Bonchev–Trinajstić information content (AvgIpc) is 3.05. The second-order valence-electron chi connectivity index (χ2n) is 7.81. The molecule has 1 atom stereocenters. The number of hydrogen-bond donors (Lipinski definition) is 1. The second-order valence-corrected chi connectivity index (χ2v) is 7.81. The summed E-state index contributed by atoms with van der Waals surface area (Å²) in [5, 5.41) is 14.1. The molecular formula is C22H33FN4O2. The molecule has 0 spiro atoms. The van der Waals surface area contributed by atoms with Crippen LogP contribution in [0.2, 0.25) is 0 Å². The molecule has 1 unspecified atom stereocenters. The summed E-state index contributed by atoms with van der Waals surface area (Å²) in [6.45, 7) is 9.39. The number of rotatable bonds is 9. The quantitative estimate of drug-likeness (QED) is 0.697. The largest absolute Gasteiger partial charge is 0.497 e. The summed E-state index contributed by atoms with van der Waals surface area (Å²) < 4.78 is 21.6. The molecule has 0 amide bonds. The van der Waals surface area contributed by atoms with Crippen LogP contribution in [0.5, 0.6) is 5.75 Å². The fraction of sp³-hybridized carbons (Fsp3) is 0.591. The predicted octanol–water partition coefficient (Wildman–Crippen LogP) is 2.82. The lowest BCUT2D eigenvalue weighted by molar-refractivity contribution is 0.0492. The number of nitrogens with zero attached hydrogens (tertiary/aromatic N) is 4. The van der Waals surface area contributed by atoms with E-state index in [1.807, 2.05) is 6.20 Å². The lowest BCUT2D eigenvalue weighted by Crippen LogP contribution is -2.52. The van der Waals surface area contributed by atoms with Crippen LogP contribution in [0, 0.1) is 12.7 Å². The van der Waals surface area contributed by atoms with Gasteiger partial charge < -0.3 is 9.84 Å². The van der Waals surface area contributed by atoms with Crippen LogP contribution in [0.3, 0.4) is 0 Å². The maximum absolute atomic E-state index is 14.4. The van der Waals surface area contributed by atoms with Gasteiger partial charge in [-0.15, -0.1) is 0 Å².